The Morgan fingerprint density at radius 2 is 1.64 bits per heavy atom. The first-order chi connectivity index (χ1) is 17.6. The summed E-state index contributed by atoms with van der Waals surface area (Å²) in [7, 11) is 0. The molecule has 0 saturated carbocycles. The third-order valence-corrected chi connectivity index (χ3v) is 7.22. The maximum atomic E-state index is 13.5. The lowest BCUT2D eigenvalue weighted by Gasteiger charge is -2.42. The Kier molecular flexibility index (Phi) is 7.28. The molecule has 184 valence electrons. The number of halogens is 1. The maximum Gasteiger partial charge on any atom is 0.407 e. The third kappa shape index (κ3) is 5.58. The highest BCUT2D eigenvalue weighted by molar-refractivity contribution is 5.83. The maximum absolute atomic E-state index is 13.5. The van der Waals surface area contributed by atoms with Gasteiger partial charge in [0.1, 0.15) is 5.82 Å². The van der Waals surface area contributed by atoms with Gasteiger partial charge in [-0.15, -0.1) is 0 Å². The van der Waals surface area contributed by atoms with Gasteiger partial charge < -0.3 is 14.7 Å². The number of hydrogen-bond acceptors (Lipinski definition) is 2. The van der Waals surface area contributed by atoms with Crippen LogP contribution in [0.15, 0.2) is 97.1 Å². The van der Waals surface area contributed by atoms with Gasteiger partial charge in [0.2, 0.25) is 0 Å². The van der Waals surface area contributed by atoms with E-state index >= 15 is 0 Å². The Morgan fingerprint density at radius 3 is 2.39 bits per heavy atom. The van der Waals surface area contributed by atoms with Gasteiger partial charge in [-0.2, -0.15) is 0 Å². The zero-order valence-electron chi connectivity index (χ0n) is 20.1. The number of nitrogens with zero attached hydrogens (tertiary/aromatic N) is 1. The number of hydrogen-bond donors (Lipinski definition) is 1. The number of carboxylic acid groups (broad SMARTS) is 1. The van der Waals surface area contributed by atoms with Crippen LogP contribution < -0.4 is 0 Å². The van der Waals surface area contributed by atoms with Crippen LogP contribution in [0.25, 0.3) is 10.8 Å². The lowest BCUT2D eigenvalue weighted by atomic mass is 9.82. The normalized spacial score (nSPS) is 18.8. The summed E-state index contributed by atoms with van der Waals surface area (Å²) < 4.78 is 20.0. The summed E-state index contributed by atoms with van der Waals surface area (Å²) in [5.74, 6) is -0.121. The molecule has 4 aromatic carbocycles. The molecule has 0 spiro atoms. The van der Waals surface area contributed by atoms with Crippen LogP contribution in [0.2, 0.25) is 0 Å². The fraction of sp³-hybridized carbons (Fsp3) is 0.258. The van der Waals surface area contributed by atoms with E-state index in [1.54, 1.807) is 0 Å². The van der Waals surface area contributed by atoms with Crippen molar-refractivity contribution in [1.82, 2.24) is 4.90 Å². The van der Waals surface area contributed by atoms with Crippen molar-refractivity contribution in [2.75, 3.05) is 6.54 Å². The molecule has 4 aromatic rings. The SMILES string of the molecule is O=C(O)N1CCC(c2ccc(F)cc2)CC1[C@H](Cc1ccc2ccccc2c1)OCc1ccccc1. The molecule has 1 N–H and O–H groups in total. The predicted octanol–water partition coefficient (Wildman–Crippen LogP) is 7.03. The molecule has 1 saturated heterocycles. The molecule has 0 radical (unpaired) electrons. The number of benzene rings is 4. The number of fused-ring (bicyclic) bond motifs is 1. The molecular weight excluding hydrogens is 453 g/mol. The fourth-order valence-corrected chi connectivity index (χ4v) is 5.31. The van der Waals surface area contributed by atoms with E-state index in [9.17, 15) is 14.3 Å². The quantitative estimate of drug-likeness (QED) is 0.307. The monoisotopic (exact) mass is 483 g/mol. The van der Waals surface area contributed by atoms with Crippen LogP contribution in [-0.2, 0) is 17.8 Å². The van der Waals surface area contributed by atoms with Gasteiger partial charge in [-0.05, 0) is 58.4 Å². The Bertz CT molecular complexity index is 1310. The lowest BCUT2D eigenvalue weighted by molar-refractivity contribution is -0.0332. The summed E-state index contributed by atoms with van der Waals surface area (Å²) in [5.41, 5.74) is 3.20. The molecule has 0 aliphatic carbocycles. The van der Waals surface area contributed by atoms with Crippen LogP contribution >= 0.6 is 0 Å². The summed E-state index contributed by atoms with van der Waals surface area (Å²) in [5, 5.41) is 12.4. The van der Waals surface area contributed by atoms with Gasteiger partial charge in [-0.3, -0.25) is 0 Å². The molecule has 5 rings (SSSR count). The second-order valence-corrected chi connectivity index (χ2v) is 9.54. The van der Waals surface area contributed by atoms with Crippen LogP contribution in [-0.4, -0.2) is 34.8 Å². The van der Waals surface area contributed by atoms with E-state index in [0.29, 0.717) is 32.4 Å². The standard InChI is InChI=1S/C31H30FNO3/c32-28-14-12-25(13-15-28)27-16-17-33(31(34)35)29(20-27)30(36-21-22-6-2-1-3-7-22)19-23-10-11-24-8-4-5-9-26(24)18-23/h1-15,18,27,29-30H,16-17,19-21H2,(H,34,35)/t27?,29?,30-/m0/s1. The van der Waals surface area contributed by atoms with E-state index in [-0.39, 0.29) is 23.9 Å². The third-order valence-electron chi connectivity index (χ3n) is 7.22. The van der Waals surface area contributed by atoms with Gasteiger partial charge in [-0.25, -0.2) is 9.18 Å². The zero-order chi connectivity index (χ0) is 24.9. The molecule has 2 unspecified atom stereocenters. The highest BCUT2D eigenvalue weighted by Gasteiger charge is 2.38. The van der Waals surface area contributed by atoms with Gasteiger partial charge in [-0.1, -0.05) is 84.9 Å². The first-order valence-electron chi connectivity index (χ1n) is 12.4. The topological polar surface area (TPSA) is 49.8 Å². The van der Waals surface area contributed by atoms with E-state index in [0.717, 1.165) is 22.1 Å². The van der Waals surface area contributed by atoms with Crippen LogP contribution in [0.5, 0.6) is 0 Å². The van der Waals surface area contributed by atoms with E-state index in [4.69, 9.17) is 4.74 Å². The molecule has 1 amide bonds. The molecule has 36 heavy (non-hydrogen) atoms. The number of rotatable bonds is 7. The summed E-state index contributed by atoms with van der Waals surface area (Å²) in [6, 6.07) is 30.8. The van der Waals surface area contributed by atoms with E-state index in [1.807, 2.05) is 54.6 Å². The molecule has 1 heterocycles. The lowest BCUT2D eigenvalue weighted by Crippen LogP contribution is -2.52. The van der Waals surface area contributed by atoms with E-state index < -0.39 is 6.09 Å². The van der Waals surface area contributed by atoms with Crippen LogP contribution in [0.3, 0.4) is 0 Å². The van der Waals surface area contributed by atoms with Crippen molar-refractivity contribution in [2.24, 2.45) is 0 Å². The predicted molar refractivity (Wildman–Crippen MR) is 140 cm³/mol. The summed E-state index contributed by atoms with van der Waals surface area (Å²) in [6.45, 7) is 0.829. The molecule has 1 aliphatic heterocycles. The van der Waals surface area contributed by atoms with Gasteiger partial charge in [0.05, 0.1) is 18.8 Å². The minimum absolute atomic E-state index is 0.144. The molecule has 5 heteroatoms. The van der Waals surface area contributed by atoms with Crippen molar-refractivity contribution in [1.29, 1.82) is 0 Å². The Morgan fingerprint density at radius 1 is 0.917 bits per heavy atom. The van der Waals surface area contributed by atoms with Crippen molar-refractivity contribution in [3.8, 4) is 0 Å². The number of piperidine rings is 1. The van der Waals surface area contributed by atoms with Crippen molar-refractivity contribution in [3.05, 3.63) is 120 Å². The van der Waals surface area contributed by atoms with Gasteiger partial charge >= 0.3 is 6.09 Å². The number of amides is 1. The Balaban J connectivity index is 1.44. The van der Waals surface area contributed by atoms with Crippen LogP contribution in [0.4, 0.5) is 9.18 Å². The second kappa shape index (κ2) is 10.9. The summed E-state index contributed by atoms with van der Waals surface area (Å²) in [4.78, 5) is 13.8. The fourth-order valence-electron chi connectivity index (χ4n) is 5.31. The molecule has 0 aromatic heterocycles. The molecule has 3 atom stereocenters. The molecule has 0 bridgehead atoms. The van der Waals surface area contributed by atoms with Crippen molar-refractivity contribution in [2.45, 2.75) is 43.9 Å². The average molecular weight is 484 g/mol. The summed E-state index contributed by atoms with van der Waals surface area (Å²) in [6.07, 6.45) is 0.679. The van der Waals surface area contributed by atoms with E-state index in [2.05, 4.69) is 30.3 Å². The molecule has 4 nitrogen and oxygen atoms in total. The molecular formula is C31H30FNO3. The van der Waals surface area contributed by atoms with Crippen molar-refractivity contribution in [3.63, 3.8) is 0 Å². The Labute approximate surface area is 211 Å². The van der Waals surface area contributed by atoms with Crippen molar-refractivity contribution >= 4 is 16.9 Å². The zero-order valence-corrected chi connectivity index (χ0v) is 20.1. The van der Waals surface area contributed by atoms with Crippen molar-refractivity contribution < 1.29 is 19.0 Å². The summed E-state index contributed by atoms with van der Waals surface area (Å²) >= 11 is 0. The van der Waals surface area contributed by atoms with E-state index in [1.165, 1.54) is 22.4 Å². The van der Waals surface area contributed by atoms with Crippen LogP contribution in [0, 0.1) is 5.82 Å². The number of ether oxygens (including phenoxy) is 1. The Hall–Kier alpha value is -3.70. The minimum Gasteiger partial charge on any atom is -0.465 e. The number of likely N-dealkylation sites (tertiary alicyclic amines) is 1. The first-order valence-corrected chi connectivity index (χ1v) is 12.4. The smallest absolute Gasteiger partial charge is 0.407 e. The molecule has 1 aliphatic rings. The van der Waals surface area contributed by atoms with Crippen LogP contribution in [0.1, 0.15) is 35.4 Å². The second-order valence-electron chi connectivity index (χ2n) is 9.54. The minimum atomic E-state index is -0.927. The van der Waals surface area contributed by atoms with Gasteiger partial charge in [0.15, 0.2) is 0 Å². The van der Waals surface area contributed by atoms with Gasteiger partial charge in [0, 0.05) is 13.0 Å². The largest absolute Gasteiger partial charge is 0.465 e. The highest BCUT2D eigenvalue weighted by atomic mass is 19.1. The average Bonchev–Trinajstić information content (AvgIpc) is 2.91. The first kappa shape index (κ1) is 24.0. The molecule has 1 fully saturated rings. The number of carbonyl (C=O) groups is 1. The highest BCUT2D eigenvalue weighted by Crippen LogP contribution is 2.35. The van der Waals surface area contributed by atoms with Gasteiger partial charge in [0.25, 0.3) is 0 Å².